The van der Waals surface area contributed by atoms with Gasteiger partial charge in [0.1, 0.15) is 12.4 Å². The summed E-state index contributed by atoms with van der Waals surface area (Å²) in [5, 5.41) is 0. The van der Waals surface area contributed by atoms with Crippen LogP contribution >= 0.6 is 0 Å². The SMILES string of the molecule is Nc1cc(CC(N)COCC(F)(F)F)ccn1. The lowest BCUT2D eigenvalue weighted by Crippen LogP contribution is -2.31. The third-order valence-electron chi connectivity index (χ3n) is 1.94. The van der Waals surface area contributed by atoms with E-state index in [0.29, 0.717) is 12.2 Å². The lowest BCUT2D eigenvalue weighted by Gasteiger charge is -2.13. The van der Waals surface area contributed by atoms with Gasteiger partial charge in [0.25, 0.3) is 0 Å². The van der Waals surface area contributed by atoms with Gasteiger partial charge >= 0.3 is 6.18 Å². The van der Waals surface area contributed by atoms with Crippen molar-refractivity contribution >= 4 is 5.82 Å². The number of rotatable bonds is 5. The molecule has 96 valence electrons. The number of halogens is 3. The minimum atomic E-state index is -4.32. The van der Waals surface area contributed by atoms with E-state index in [4.69, 9.17) is 11.5 Å². The molecule has 7 heteroatoms. The van der Waals surface area contributed by atoms with Crippen LogP contribution in [0.15, 0.2) is 18.3 Å². The summed E-state index contributed by atoms with van der Waals surface area (Å²) in [6, 6.07) is 2.84. The summed E-state index contributed by atoms with van der Waals surface area (Å²) in [7, 11) is 0. The van der Waals surface area contributed by atoms with Crippen molar-refractivity contribution in [1.82, 2.24) is 4.98 Å². The quantitative estimate of drug-likeness (QED) is 0.819. The predicted molar refractivity (Wildman–Crippen MR) is 57.2 cm³/mol. The molecule has 1 atom stereocenters. The van der Waals surface area contributed by atoms with Crippen molar-refractivity contribution in [3.63, 3.8) is 0 Å². The fourth-order valence-electron chi connectivity index (χ4n) is 1.31. The van der Waals surface area contributed by atoms with Crippen LogP contribution in [0, 0.1) is 0 Å². The smallest absolute Gasteiger partial charge is 0.384 e. The van der Waals surface area contributed by atoms with E-state index in [-0.39, 0.29) is 6.61 Å². The average molecular weight is 249 g/mol. The van der Waals surface area contributed by atoms with Crippen molar-refractivity contribution < 1.29 is 17.9 Å². The minimum Gasteiger partial charge on any atom is -0.384 e. The second-order valence-electron chi connectivity index (χ2n) is 3.68. The Morgan fingerprint density at radius 3 is 2.71 bits per heavy atom. The molecule has 0 spiro atoms. The molecule has 0 aliphatic carbocycles. The van der Waals surface area contributed by atoms with Crippen molar-refractivity contribution in [2.75, 3.05) is 18.9 Å². The van der Waals surface area contributed by atoms with Crippen LogP contribution in [0.1, 0.15) is 5.56 Å². The van der Waals surface area contributed by atoms with Crippen LogP contribution in [0.4, 0.5) is 19.0 Å². The molecule has 1 unspecified atom stereocenters. The molecule has 1 rings (SSSR count). The molecule has 0 bridgehead atoms. The molecule has 1 aromatic heterocycles. The van der Waals surface area contributed by atoms with Crippen LogP contribution in [0.2, 0.25) is 0 Å². The molecule has 0 radical (unpaired) electrons. The summed E-state index contributed by atoms with van der Waals surface area (Å²) in [5.41, 5.74) is 11.9. The fourth-order valence-corrected chi connectivity index (χ4v) is 1.31. The number of hydrogen-bond acceptors (Lipinski definition) is 4. The molecule has 0 saturated heterocycles. The zero-order valence-corrected chi connectivity index (χ0v) is 9.07. The maximum absolute atomic E-state index is 11.8. The van der Waals surface area contributed by atoms with Gasteiger partial charge in [-0.25, -0.2) is 4.98 Å². The highest BCUT2D eigenvalue weighted by Gasteiger charge is 2.27. The Morgan fingerprint density at radius 1 is 1.41 bits per heavy atom. The molecule has 17 heavy (non-hydrogen) atoms. The van der Waals surface area contributed by atoms with Gasteiger partial charge in [0.2, 0.25) is 0 Å². The first-order valence-electron chi connectivity index (χ1n) is 4.97. The van der Waals surface area contributed by atoms with Crippen LogP contribution < -0.4 is 11.5 Å². The summed E-state index contributed by atoms with van der Waals surface area (Å²) in [6.07, 6.45) is -2.40. The number of nitrogen functional groups attached to an aromatic ring is 1. The second-order valence-corrected chi connectivity index (χ2v) is 3.68. The summed E-state index contributed by atoms with van der Waals surface area (Å²) >= 11 is 0. The van der Waals surface area contributed by atoms with Crippen LogP contribution in [0.25, 0.3) is 0 Å². The van der Waals surface area contributed by atoms with Crippen LogP contribution in [-0.2, 0) is 11.2 Å². The number of alkyl halides is 3. The van der Waals surface area contributed by atoms with E-state index in [0.717, 1.165) is 5.56 Å². The van der Waals surface area contributed by atoms with Crippen molar-refractivity contribution in [1.29, 1.82) is 0 Å². The molecule has 4 N–H and O–H groups in total. The Labute approximate surface area is 96.8 Å². The molecule has 0 amide bonds. The fraction of sp³-hybridized carbons (Fsp3) is 0.500. The Hall–Kier alpha value is -1.34. The lowest BCUT2D eigenvalue weighted by atomic mass is 10.1. The topological polar surface area (TPSA) is 74.2 Å². The van der Waals surface area contributed by atoms with E-state index in [1.165, 1.54) is 6.20 Å². The standard InChI is InChI=1S/C10H14F3N3O/c11-10(12,13)6-17-5-8(14)3-7-1-2-16-9(15)4-7/h1-2,4,8H,3,5-6,14H2,(H2,15,16). The number of nitrogens with zero attached hydrogens (tertiary/aromatic N) is 1. The molecule has 0 aliphatic heterocycles. The Morgan fingerprint density at radius 2 is 2.12 bits per heavy atom. The lowest BCUT2D eigenvalue weighted by molar-refractivity contribution is -0.174. The number of ether oxygens (including phenoxy) is 1. The van der Waals surface area contributed by atoms with Gasteiger partial charge in [-0.15, -0.1) is 0 Å². The summed E-state index contributed by atoms with van der Waals surface area (Å²) < 4.78 is 39.9. The zero-order valence-electron chi connectivity index (χ0n) is 9.07. The molecular weight excluding hydrogens is 235 g/mol. The predicted octanol–water partition coefficient (Wildman–Crippen LogP) is 1.11. The highest BCUT2D eigenvalue weighted by molar-refractivity contribution is 5.32. The number of pyridine rings is 1. The van der Waals surface area contributed by atoms with Gasteiger partial charge in [0, 0.05) is 12.2 Å². The number of aromatic nitrogens is 1. The maximum atomic E-state index is 11.8. The Balaban J connectivity index is 2.32. The normalized spacial score (nSPS) is 13.6. The van der Waals surface area contributed by atoms with Crippen molar-refractivity contribution in [3.05, 3.63) is 23.9 Å². The highest BCUT2D eigenvalue weighted by atomic mass is 19.4. The molecule has 0 fully saturated rings. The van der Waals surface area contributed by atoms with E-state index in [9.17, 15) is 13.2 Å². The van der Waals surface area contributed by atoms with E-state index in [2.05, 4.69) is 9.72 Å². The zero-order chi connectivity index (χ0) is 12.9. The molecule has 1 aromatic rings. The van der Waals surface area contributed by atoms with Gasteiger partial charge in [0.15, 0.2) is 0 Å². The summed E-state index contributed by atoms with van der Waals surface area (Å²) in [5.74, 6) is 0.353. The monoisotopic (exact) mass is 249 g/mol. The van der Waals surface area contributed by atoms with Gasteiger partial charge in [0.05, 0.1) is 6.61 Å². The van der Waals surface area contributed by atoms with Crippen molar-refractivity contribution in [2.24, 2.45) is 5.73 Å². The van der Waals surface area contributed by atoms with Gasteiger partial charge in [-0.05, 0) is 24.1 Å². The number of anilines is 1. The first-order chi connectivity index (χ1) is 7.87. The summed E-state index contributed by atoms with van der Waals surface area (Å²) in [6.45, 7) is -1.43. The first-order valence-corrected chi connectivity index (χ1v) is 4.97. The molecule has 4 nitrogen and oxygen atoms in total. The summed E-state index contributed by atoms with van der Waals surface area (Å²) in [4.78, 5) is 3.80. The maximum Gasteiger partial charge on any atom is 0.411 e. The first kappa shape index (κ1) is 13.7. The van der Waals surface area contributed by atoms with Gasteiger partial charge in [-0.3, -0.25) is 0 Å². The minimum absolute atomic E-state index is 0.151. The molecule has 1 heterocycles. The molecule has 0 aromatic carbocycles. The molecule has 0 aliphatic rings. The number of hydrogen-bond donors (Lipinski definition) is 2. The Kier molecular flexibility index (Phi) is 4.71. The number of nitrogens with two attached hydrogens (primary N) is 2. The molecule has 0 saturated carbocycles. The van der Waals surface area contributed by atoms with Crippen LogP contribution in [-0.4, -0.2) is 30.4 Å². The van der Waals surface area contributed by atoms with Gasteiger partial charge in [-0.1, -0.05) is 0 Å². The largest absolute Gasteiger partial charge is 0.411 e. The van der Waals surface area contributed by atoms with Crippen LogP contribution in [0.3, 0.4) is 0 Å². The van der Waals surface area contributed by atoms with E-state index < -0.39 is 18.8 Å². The molecular formula is C10H14F3N3O. The third-order valence-corrected chi connectivity index (χ3v) is 1.94. The van der Waals surface area contributed by atoms with E-state index >= 15 is 0 Å². The van der Waals surface area contributed by atoms with E-state index in [1.807, 2.05) is 0 Å². The van der Waals surface area contributed by atoms with Crippen molar-refractivity contribution in [3.8, 4) is 0 Å². The van der Waals surface area contributed by atoms with Crippen LogP contribution in [0.5, 0.6) is 0 Å². The van der Waals surface area contributed by atoms with Gasteiger partial charge in [-0.2, -0.15) is 13.2 Å². The van der Waals surface area contributed by atoms with Gasteiger partial charge < -0.3 is 16.2 Å². The third kappa shape index (κ3) is 6.08. The van der Waals surface area contributed by atoms with Crippen molar-refractivity contribution in [2.45, 2.75) is 18.6 Å². The average Bonchev–Trinajstić information content (AvgIpc) is 2.15. The Bertz CT molecular complexity index is 357. The van der Waals surface area contributed by atoms with E-state index in [1.54, 1.807) is 12.1 Å². The highest BCUT2D eigenvalue weighted by Crippen LogP contribution is 2.14. The second kappa shape index (κ2) is 5.83.